The van der Waals surface area contributed by atoms with Gasteiger partial charge in [0.1, 0.15) is 0 Å². The third kappa shape index (κ3) is 1.84. The average Bonchev–Trinajstić information content (AvgIpc) is 2.01. The molecule has 2 N–H and O–H groups in total. The maximum atomic E-state index is 10.8. The van der Waals surface area contributed by atoms with Gasteiger partial charge in [-0.3, -0.25) is 9.69 Å². The minimum atomic E-state index is -0.655. The lowest BCUT2D eigenvalue weighted by molar-refractivity contribution is -0.143. The van der Waals surface area contributed by atoms with E-state index in [0.717, 1.165) is 26.1 Å². The van der Waals surface area contributed by atoms with E-state index >= 15 is 0 Å². The van der Waals surface area contributed by atoms with Crippen molar-refractivity contribution in [2.45, 2.75) is 18.9 Å². The van der Waals surface area contributed by atoms with Gasteiger partial charge < -0.3 is 10.4 Å². The van der Waals surface area contributed by atoms with Crippen molar-refractivity contribution in [3.05, 3.63) is 0 Å². The number of piperidine rings is 1. The minimum absolute atomic E-state index is 0.181. The first-order valence-corrected chi connectivity index (χ1v) is 4.95. The number of carboxylic acid groups (broad SMARTS) is 1. The van der Waals surface area contributed by atoms with Gasteiger partial charge in [-0.05, 0) is 25.9 Å². The molecular formula is C9H16N2O2. The number of nitrogens with zero attached hydrogens (tertiary/aromatic N) is 1. The Hall–Kier alpha value is -0.610. The third-order valence-electron chi connectivity index (χ3n) is 3.08. The standard InChI is InChI=1S/C9H16N2O2/c12-9(13)7-4-8(6-10-5-7)11-2-1-3-11/h7-8,10H,1-6H2,(H,12,13)/t7-,8-/m0/s1. The van der Waals surface area contributed by atoms with Gasteiger partial charge in [0.05, 0.1) is 5.92 Å². The second-order valence-corrected chi connectivity index (χ2v) is 3.97. The molecule has 0 amide bonds. The second kappa shape index (κ2) is 3.64. The topological polar surface area (TPSA) is 52.6 Å². The van der Waals surface area contributed by atoms with E-state index in [1.807, 2.05) is 0 Å². The predicted molar refractivity (Wildman–Crippen MR) is 48.6 cm³/mol. The maximum Gasteiger partial charge on any atom is 0.307 e. The van der Waals surface area contributed by atoms with Gasteiger partial charge >= 0.3 is 5.97 Å². The van der Waals surface area contributed by atoms with Gasteiger partial charge in [0, 0.05) is 19.1 Å². The Balaban J connectivity index is 1.87. The predicted octanol–water partition coefficient (Wildman–Crippen LogP) is -0.245. The highest BCUT2D eigenvalue weighted by Crippen LogP contribution is 2.20. The molecule has 2 fully saturated rings. The summed E-state index contributed by atoms with van der Waals surface area (Å²) in [4.78, 5) is 13.1. The van der Waals surface area contributed by atoms with Gasteiger partial charge in [0.15, 0.2) is 0 Å². The Bertz CT molecular complexity index is 204. The molecule has 13 heavy (non-hydrogen) atoms. The van der Waals surface area contributed by atoms with Crippen LogP contribution in [0.1, 0.15) is 12.8 Å². The number of carbonyl (C=O) groups is 1. The smallest absolute Gasteiger partial charge is 0.307 e. The number of nitrogens with one attached hydrogen (secondary N) is 1. The fourth-order valence-corrected chi connectivity index (χ4v) is 2.09. The monoisotopic (exact) mass is 184 g/mol. The molecule has 0 bridgehead atoms. The average molecular weight is 184 g/mol. The number of rotatable bonds is 2. The van der Waals surface area contributed by atoms with Gasteiger partial charge in [-0.15, -0.1) is 0 Å². The maximum absolute atomic E-state index is 10.8. The molecule has 0 aliphatic carbocycles. The molecule has 2 heterocycles. The highest BCUT2D eigenvalue weighted by atomic mass is 16.4. The van der Waals surface area contributed by atoms with Crippen LogP contribution in [0.5, 0.6) is 0 Å². The summed E-state index contributed by atoms with van der Waals surface area (Å²) < 4.78 is 0. The molecule has 0 spiro atoms. The van der Waals surface area contributed by atoms with E-state index in [4.69, 9.17) is 5.11 Å². The van der Waals surface area contributed by atoms with E-state index in [-0.39, 0.29) is 5.92 Å². The first kappa shape index (κ1) is 8.97. The molecule has 4 heteroatoms. The summed E-state index contributed by atoms with van der Waals surface area (Å²) in [5.41, 5.74) is 0. The van der Waals surface area contributed by atoms with Crippen molar-refractivity contribution in [1.82, 2.24) is 10.2 Å². The largest absolute Gasteiger partial charge is 0.481 e. The number of aliphatic carboxylic acids is 1. The molecule has 2 aliphatic heterocycles. The Morgan fingerprint density at radius 3 is 2.69 bits per heavy atom. The Morgan fingerprint density at radius 2 is 2.15 bits per heavy atom. The summed E-state index contributed by atoms with van der Waals surface area (Å²) >= 11 is 0. The lowest BCUT2D eigenvalue weighted by atomic mass is 9.93. The number of likely N-dealkylation sites (tertiary alicyclic amines) is 1. The van der Waals surface area contributed by atoms with Crippen LogP contribution in [0, 0.1) is 5.92 Å². The van der Waals surface area contributed by atoms with Crippen molar-refractivity contribution in [3.63, 3.8) is 0 Å². The van der Waals surface area contributed by atoms with Crippen LogP contribution < -0.4 is 5.32 Å². The van der Waals surface area contributed by atoms with Crippen LogP contribution >= 0.6 is 0 Å². The number of hydrogen-bond donors (Lipinski definition) is 2. The molecule has 0 aromatic carbocycles. The molecule has 0 aromatic rings. The molecule has 74 valence electrons. The van der Waals surface area contributed by atoms with E-state index < -0.39 is 5.97 Å². The van der Waals surface area contributed by atoms with Crippen molar-refractivity contribution >= 4 is 5.97 Å². The summed E-state index contributed by atoms with van der Waals surface area (Å²) in [5, 5.41) is 12.1. The van der Waals surface area contributed by atoms with Crippen LogP contribution in [0.2, 0.25) is 0 Å². The summed E-state index contributed by atoms with van der Waals surface area (Å²) in [6, 6.07) is 0.462. The first-order chi connectivity index (χ1) is 6.27. The van der Waals surface area contributed by atoms with Crippen LogP contribution in [0.3, 0.4) is 0 Å². The molecule has 2 atom stereocenters. The normalized spacial score (nSPS) is 35.4. The molecule has 2 rings (SSSR count). The molecule has 2 aliphatic rings. The van der Waals surface area contributed by atoms with Crippen LogP contribution in [-0.4, -0.2) is 48.2 Å². The molecule has 0 saturated carbocycles. The van der Waals surface area contributed by atoms with Crippen molar-refractivity contribution in [2.75, 3.05) is 26.2 Å². The van der Waals surface area contributed by atoms with E-state index in [2.05, 4.69) is 10.2 Å². The highest BCUT2D eigenvalue weighted by molar-refractivity contribution is 5.70. The molecule has 2 saturated heterocycles. The summed E-state index contributed by atoms with van der Waals surface area (Å²) in [6.07, 6.45) is 2.09. The Morgan fingerprint density at radius 1 is 1.38 bits per heavy atom. The lowest BCUT2D eigenvalue weighted by Gasteiger charge is -2.41. The Labute approximate surface area is 77.9 Å². The third-order valence-corrected chi connectivity index (χ3v) is 3.08. The summed E-state index contributed by atoms with van der Waals surface area (Å²) in [6.45, 7) is 3.90. The highest BCUT2D eigenvalue weighted by Gasteiger charge is 2.32. The van der Waals surface area contributed by atoms with Gasteiger partial charge in [0.25, 0.3) is 0 Å². The van der Waals surface area contributed by atoms with Gasteiger partial charge in [-0.1, -0.05) is 0 Å². The van der Waals surface area contributed by atoms with E-state index in [9.17, 15) is 4.79 Å². The van der Waals surface area contributed by atoms with Crippen molar-refractivity contribution in [2.24, 2.45) is 5.92 Å². The van der Waals surface area contributed by atoms with Gasteiger partial charge in [0.2, 0.25) is 0 Å². The molecule has 0 unspecified atom stereocenters. The zero-order valence-electron chi connectivity index (χ0n) is 7.70. The van der Waals surface area contributed by atoms with Crippen LogP contribution in [0.25, 0.3) is 0 Å². The molecule has 0 aromatic heterocycles. The van der Waals surface area contributed by atoms with Crippen molar-refractivity contribution < 1.29 is 9.90 Å². The second-order valence-electron chi connectivity index (χ2n) is 3.97. The quantitative estimate of drug-likeness (QED) is 0.621. The summed E-state index contributed by atoms with van der Waals surface area (Å²) in [5.74, 6) is -0.836. The zero-order chi connectivity index (χ0) is 9.26. The van der Waals surface area contributed by atoms with Crippen molar-refractivity contribution in [1.29, 1.82) is 0 Å². The molecule has 0 radical (unpaired) electrons. The first-order valence-electron chi connectivity index (χ1n) is 4.95. The number of hydrogen-bond acceptors (Lipinski definition) is 3. The minimum Gasteiger partial charge on any atom is -0.481 e. The number of carboxylic acids is 1. The van der Waals surface area contributed by atoms with E-state index in [1.54, 1.807) is 0 Å². The van der Waals surface area contributed by atoms with Crippen LogP contribution in [0.4, 0.5) is 0 Å². The molecular weight excluding hydrogens is 168 g/mol. The van der Waals surface area contributed by atoms with Crippen LogP contribution in [-0.2, 0) is 4.79 Å². The molecule has 4 nitrogen and oxygen atoms in total. The Kier molecular flexibility index (Phi) is 2.51. The van der Waals surface area contributed by atoms with Crippen molar-refractivity contribution in [3.8, 4) is 0 Å². The SMILES string of the molecule is O=C(O)[C@@H]1CNC[C@@H](N2CCC2)C1. The zero-order valence-corrected chi connectivity index (χ0v) is 7.70. The fraction of sp³-hybridized carbons (Fsp3) is 0.889. The van der Waals surface area contributed by atoms with E-state index in [1.165, 1.54) is 6.42 Å². The van der Waals surface area contributed by atoms with Crippen LogP contribution in [0.15, 0.2) is 0 Å². The summed E-state index contributed by atoms with van der Waals surface area (Å²) in [7, 11) is 0. The lowest BCUT2D eigenvalue weighted by Crippen LogP contribution is -2.54. The van der Waals surface area contributed by atoms with Gasteiger partial charge in [-0.25, -0.2) is 0 Å². The fourth-order valence-electron chi connectivity index (χ4n) is 2.09. The van der Waals surface area contributed by atoms with E-state index in [0.29, 0.717) is 12.6 Å². The van der Waals surface area contributed by atoms with Gasteiger partial charge in [-0.2, -0.15) is 0 Å².